The molecule has 102 valence electrons. The maximum absolute atomic E-state index is 4.23. The number of hydrogen-bond donors (Lipinski definition) is 0. The lowest BCUT2D eigenvalue weighted by Gasteiger charge is -2.39. The van der Waals surface area contributed by atoms with Crippen LogP contribution < -0.4 is 0 Å². The van der Waals surface area contributed by atoms with Gasteiger partial charge in [-0.25, -0.2) is 0 Å². The van der Waals surface area contributed by atoms with Gasteiger partial charge < -0.3 is 0 Å². The van der Waals surface area contributed by atoms with Crippen molar-refractivity contribution >= 4 is 0 Å². The number of allylic oxidation sites excluding steroid dienone is 3. The molecule has 0 bridgehead atoms. The van der Waals surface area contributed by atoms with Crippen LogP contribution in [0.15, 0.2) is 23.8 Å². The molecule has 0 radical (unpaired) electrons. The zero-order valence-corrected chi connectivity index (χ0v) is 13.4. The molecule has 0 aromatic rings. The van der Waals surface area contributed by atoms with E-state index < -0.39 is 0 Å². The lowest BCUT2D eigenvalue weighted by Crippen LogP contribution is -2.32. The van der Waals surface area contributed by atoms with Gasteiger partial charge >= 0.3 is 0 Å². The average molecular weight is 246 g/mol. The molecule has 18 heavy (non-hydrogen) atoms. The topological polar surface area (TPSA) is 0 Å². The highest BCUT2D eigenvalue weighted by atomic mass is 14.7. The van der Waals surface area contributed by atoms with Crippen molar-refractivity contribution in [3.63, 3.8) is 0 Å². The molecular weight excluding hydrogens is 216 g/mol. The quantitative estimate of drug-likeness (QED) is 0.568. The van der Waals surface area contributed by atoms with Crippen LogP contribution >= 0.6 is 0 Å². The number of hydrogen-bond acceptors (Lipinski definition) is 0. The fraction of sp³-hybridized carbons (Fsp3) is 0.778. The molecule has 2 aliphatic rings. The second kappa shape index (κ2) is 3.74. The molecule has 2 rings (SSSR count). The van der Waals surface area contributed by atoms with E-state index in [1.165, 1.54) is 18.4 Å². The summed E-state index contributed by atoms with van der Waals surface area (Å²) in [5.41, 5.74) is 4.16. The van der Waals surface area contributed by atoms with Gasteiger partial charge in [-0.1, -0.05) is 58.4 Å². The highest BCUT2D eigenvalue weighted by Crippen LogP contribution is 2.73. The van der Waals surface area contributed by atoms with Crippen LogP contribution in [0.25, 0.3) is 0 Å². The van der Waals surface area contributed by atoms with Crippen LogP contribution in [-0.4, -0.2) is 0 Å². The molecule has 0 heteroatoms. The third-order valence-corrected chi connectivity index (χ3v) is 7.03. The van der Waals surface area contributed by atoms with E-state index in [4.69, 9.17) is 0 Å². The summed E-state index contributed by atoms with van der Waals surface area (Å²) < 4.78 is 0. The minimum Gasteiger partial charge on any atom is -0.0996 e. The Kier molecular flexibility index (Phi) is 2.89. The molecule has 0 aromatic carbocycles. The Morgan fingerprint density at radius 1 is 1.33 bits per heavy atom. The second-order valence-electron chi connectivity index (χ2n) is 7.95. The summed E-state index contributed by atoms with van der Waals surface area (Å²) in [4.78, 5) is 0. The molecule has 0 amide bonds. The third-order valence-electron chi connectivity index (χ3n) is 7.03. The summed E-state index contributed by atoms with van der Waals surface area (Å²) in [6.07, 6.45) is 5.05. The van der Waals surface area contributed by atoms with Crippen molar-refractivity contribution in [3.8, 4) is 0 Å². The van der Waals surface area contributed by atoms with Crippen LogP contribution in [0.1, 0.15) is 61.3 Å². The predicted molar refractivity (Wildman–Crippen MR) is 80.5 cm³/mol. The standard InChI is InChI=1S/C18H30/c1-12(2)17(7)11-18(17,8)14(4)15-10-9-13(3)16(15,5)6/h9,14-15H,1,10-11H2,2-8H3. The zero-order chi connectivity index (χ0) is 13.9. The first-order valence-electron chi connectivity index (χ1n) is 7.40. The number of rotatable bonds is 3. The van der Waals surface area contributed by atoms with Gasteiger partial charge in [0.2, 0.25) is 0 Å². The Labute approximate surface area is 114 Å². The van der Waals surface area contributed by atoms with Gasteiger partial charge in [0.05, 0.1) is 0 Å². The Morgan fingerprint density at radius 2 is 1.89 bits per heavy atom. The van der Waals surface area contributed by atoms with Gasteiger partial charge in [0.25, 0.3) is 0 Å². The first-order valence-corrected chi connectivity index (χ1v) is 7.40. The monoisotopic (exact) mass is 246 g/mol. The summed E-state index contributed by atoms with van der Waals surface area (Å²) in [7, 11) is 0. The average Bonchev–Trinajstić information content (AvgIpc) is 2.73. The fourth-order valence-electron chi connectivity index (χ4n) is 4.42. The van der Waals surface area contributed by atoms with Crippen molar-refractivity contribution in [3.05, 3.63) is 23.8 Å². The molecule has 0 spiro atoms. The van der Waals surface area contributed by atoms with E-state index in [1.807, 2.05) is 0 Å². The van der Waals surface area contributed by atoms with Crippen LogP contribution in [0.5, 0.6) is 0 Å². The summed E-state index contributed by atoms with van der Waals surface area (Å²) in [6, 6.07) is 0. The maximum Gasteiger partial charge on any atom is -0.00595 e. The molecule has 1 saturated carbocycles. The Bertz CT molecular complexity index is 412. The van der Waals surface area contributed by atoms with Gasteiger partial charge in [-0.05, 0) is 54.8 Å². The van der Waals surface area contributed by atoms with E-state index in [-0.39, 0.29) is 0 Å². The minimum atomic E-state index is 0.374. The molecule has 0 aliphatic heterocycles. The Morgan fingerprint density at radius 3 is 2.22 bits per heavy atom. The lowest BCUT2D eigenvalue weighted by atomic mass is 9.65. The predicted octanol–water partition coefficient (Wildman–Crippen LogP) is 5.61. The molecule has 2 aliphatic carbocycles. The first-order chi connectivity index (χ1) is 8.07. The van der Waals surface area contributed by atoms with Gasteiger partial charge in [0.1, 0.15) is 0 Å². The lowest BCUT2D eigenvalue weighted by molar-refractivity contribution is 0.130. The van der Waals surface area contributed by atoms with Gasteiger partial charge in [0, 0.05) is 0 Å². The summed E-state index contributed by atoms with van der Waals surface area (Å²) in [6.45, 7) is 21.0. The van der Waals surface area contributed by atoms with Crippen molar-refractivity contribution in [1.29, 1.82) is 0 Å². The Hall–Kier alpha value is -0.520. The van der Waals surface area contributed by atoms with Crippen LogP contribution in [0.4, 0.5) is 0 Å². The van der Waals surface area contributed by atoms with Crippen molar-refractivity contribution in [2.45, 2.75) is 61.3 Å². The van der Waals surface area contributed by atoms with E-state index in [1.54, 1.807) is 5.57 Å². The van der Waals surface area contributed by atoms with Crippen LogP contribution in [0.2, 0.25) is 0 Å². The van der Waals surface area contributed by atoms with E-state index in [0.29, 0.717) is 16.2 Å². The third kappa shape index (κ3) is 1.57. The highest BCUT2D eigenvalue weighted by molar-refractivity contribution is 5.29. The molecule has 0 N–H and O–H groups in total. The van der Waals surface area contributed by atoms with E-state index in [2.05, 4.69) is 61.1 Å². The second-order valence-corrected chi connectivity index (χ2v) is 7.95. The zero-order valence-electron chi connectivity index (χ0n) is 13.4. The molecule has 4 atom stereocenters. The summed E-state index contributed by atoms with van der Waals surface area (Å²) in [5.74, 6) is 1.56. The first kappa shape index (κ1) is 13.9. The Balaban J connectivity index is 2.21. The molecule has 1 fully saturated rings. The van der Waals surface area contributed by atoms with Gasteiger partial charge in [-0.15, -0.1) is 0 Å². The summed E-state index contributed by atoms with van der Waals surface area (Å²) in [5, 5.41) is 0. The van der Waals surface area contributed by atoms with Crippen LogP contribution in [-0.2, 0) is 0 Å². The normalized spacial score (nSPS) is 43.5. The largest absolute Gasteiger partial charge is 0.0996 e. The summed E-state index contributed by atoms with van der Waals surface area (Å²) >= 11 is 0. The van der Waals surface area contributed by atoms with E-state index in [9.17, 15) is 0 Å². The van der Waals surface area contributed by atoms with E-state index in [0.717, 1.165) is 11.8 Å². The molecule has 4 unspecified atom stereocenters. The smallest absolute Gasteiger partial charge is 0.00595 e. The van der Waals surface area contributed by atoms with Gasteiger partial charge in [-0.3, -0.25) is 0 Å². The van der Waals surface area contributed by atoms with Gasteiger partial charge in [-0.2, -0.15) is 0 Å². The van der Waals surface area contributed by atoms with E-state index >= 15 is 0 Å². The van der Waals surface area contributed by atoms with Gasteiger partial charge in [0.15, 0.2) is 0 Å². The molecular formula is C18H30. The molecule has 0 aromatic heterocycles. The molecule has 0 heterocycles. The van der Waals surface area contributed by atoms with Crippen molar-refractivity contribution in [2.75, 3.05) is 0 Å². The van der Waals surface area contributed by atoms with Crippen molar-refractivity contribution < 1.29 is 0 Å². The van der Waals surface area contributed by atoms with Crippen LogP contribution in [0, 0.1) is 28.1 Å². The van der Waals surface area contributed by atoms with Crippen molar-refractivity contribution in [1.82, 2.24) is 0 Å². The highest BCUT2D eigenvalue weighted by Gasteiger charge is 2.65. The minimum absolute atomic E-state index is 0.374. The fourth-order valence-corrected chi connectivity index (χ4v) is 4.42. The molecule has 0 nitrogen and oxygen atoms in total. The maximum atomic E-state index is 4.23. The molecule has 0 saturated heterocycles. The van der Waals surface area contributed by atoms with Crippen LogP contribution in [0.3, 0.4) is 0 Å². The SMILES string of the molecule is C=C(C)C1(C)CC1(C)C(C)C1CC=C(C)C1(C)C. The van der Waals surface area contributed by atoms with Crippen molar-refractivity contribution in [2.24, 2.45) is 28.1 Å².